The first kappa shape index (κ1) is 15.8. The lowest BCUT2D eigenvalue weighted by Gasteiger charge is -2.28. The van der Waals surface area contributed by atoms with Gasteiger partial charge in [0.05, 0.1) is 12.2 Å². The van der Waals surface area contributed by atoms with Crippen LogP contribution in [0.5, 0.6) is 5.75 Å². The molecule has 0 N–H and O–H groups in total. The van der Waals surface area contributed by atoms with Crippen molar-refractivity contribution >= 4 is 0 Å². The van der Waals surface area contributed by atoms with Crippen LogP contribution in [-0.2, 0) is 0 Å². The third-order valence-electron chi connectivity index (χ3n) is 4.48. The van der Waals surface area contributed by atoms with Gasteiger partial charge < -0.3 is 4.74 Å². The second-order valence-electron chi connectivity index (χ2n) is 6.09. The Hall–Kier alpha value is -1.56. The number of unbranched alkanes of at least 4 members (excludes halogenated alkanes) is 1. The van der Waals surface area contributed by atoms with Gasteiger partial charge in [0.1, 0.15) is 17.6 Å². The summed E-state index contributed by atoms with van der Waals surface area (Å²) in [4.78, 5) is 0. The predicted molar refractivity (Wildman–Crippen MR) is 81.6 cm³/mol. The van der Waals surface area contributed by atoms with Crippen LogP contribution in [0.25, 0.3) is 0 Å². The van der Waals surface area contributed by atoms with Crippen LogP contribution >= 0.6 is 0 Å². The molecule has 1 fully saturated rings. The Kier molecular flexibility index (Phi) is 6.04. The number of hydrogen-bond acceptors (Lipinski definition) is 2. The fourth-order valence-corrected chi connectivity index (χ4v) is 3.07. The maximum Gasteiger partial charge on any atom is 0.144 e. The standard InChI is InChI=1S/C18H24FNO/c1-2-3-4-14-5-7-15(8-6-14)13-21-17-10-9-16(12-20)18(19)11-17/h9-11,14-15H,2-8,13H2,1H3. The van der Waals surface area contributed by atoms with Crippen molar-refractivity contribution in [1.29, 1.82) is 5.26 Å². The van der Waals surface area contributed by atoms with Crippen LogP contribution in [-0.4, -0.2) is 6.61 Å². The van der Waals surface area contributed by atoms with Crippen molar-refractivity contribution in [3.05, 3.63) is 29.6 Å². The fraction of sp³-hybridized carbons (Fsp3) is 0.611. The van der Waals surface area contributed by atoms with Gasteiger partial charge in [0.2, 0.25) is 0 Å². The molecule has 0 radical (unpaired) electrons. The van der Waals surface area contributed by atoms with Crippen LogP contribution in [0.3, 0.4) is 0 Å². The maximum atomic E-state index is 13.5. The molecule has 0 amide bonds. The zero-order valence-corrected chi connectivity index (χ0v) is 12.8. The molecule has 1 aliphatic carbocycles. The molecule has 1 aliphatic rings. The SMILES string of the molecule is CCCCC1CCC(COc2ccc(C#N)c(F)c2)CC1. The Balaban J connectivity index is 1.75. The van der Waals surface area contributed by atoms with E-state index >= 15 is 0 Å². The van der Waals surface area contributed by atoms with Crippen molar-refractivity contribution in [3.63, 3.8) is 0 Å². The summed E-state index contributed by atoms with van der Waals surface area (Å²) in [5.74, 6) is 1.51. The van der Waals surface area contributed by atoms with Crippen molar-refractivity contribution in [2.24, 2.45) is 11.8 Å². The number of hydrogen-bond donors (Lipinski definition) is 0. The number of ether oxygens (including phenoxy) is 1. The molecule has 1 aromatic rings. The molecule has 3 heteroatoms. The Bertz CT molecular complexity index is 486. The van der Waals surface area contributed by atoms with Crippen LogP contribution in [0.2, 0.25) is 0 Å². The average Bonchev–Trinajstić information content (AvgIpc) is 2.52. The molecule has 114 valence electrons. The number of halogens is 1. The highest BCUT2D eigenvalue weighted by Gasteiger charge is 2.21. The molecular formula is C18H24FNO. The van der Waals surface area contributed by atoms with E-state index in [1.54, 1.807) is 6.07 Å². The predicted octanol–water partition coefficient (Wildman–Crippen LogP) is 5.07. The molecule has 1 saturated carbocycles. The van der Waals surface area contributed by atoms with Gasteiger partial charge in [-0.1, -0.05) is 39.0 Å². The number of nitriles is 1. The van der Waals surface area contributed by atoms with Gasteiger partial charge in [0.15, 0.2) is 0 Å². The van der Waals surface area contributed by atoms with Crippen molar-refractivity contribution < 1.29 is 9.13 Å². The number of rotatable bonds is 6. The molecule has 0 atom stereocenters. The zero-order valence-electron chi connectivity index (χ0n) is 12.8. The molecule has 0 spiro atoms. The van der Waals surface area contributed by atoms with Crippen molar-refractivity contribution in [3.8, 4) is 11.8 Å². The van der Waals surface area contributed by atoms with E-state index in [4.69, 9.17) is 10.00 Å². The van der Waals surface area contributed by atoms with Gasteiger partial charge in [-0.05, 0) is 36.8 Å². The molecule has 0 heterocycles. The third kappa shape index (κ3) is 4.74. The second kappa shape index (κ2) is 8.02. The first-order valence-electron chi connectivity index (χ1n) is 8.05. The summed E-state index contributed by atoms with van der Waals surface area (Å²) in [5.41, 5.74) is 0.0683. The summed E-state index contributed by atoms with van der Waals surface area (Å²) in [6.07, 6.45) is 9.03. The van der Waals surface area contributed by atoms with E-state index in [-0.39, 0.29) is 5.56 Å². The maximum absolute atomic E-state index is 13.5. The van der Waals surface area contributed by atoms with E-state index in [9.17, 15) is 4.39 Å². The topological polar surface area (TPSA) is 33.0 Å². The highest BCUT2D eigenvalue weighted by atomic mass is 19.1. The second-order valence-corrected chi connectivity index (χ2v) is 6.09. The Morgan fingerprint density at radius 3 is 2.57 bits per heavy atom. The van der Waals surface area contributed by atoms with Crippen LogP contribution in [0.1, 0.15) is 57.4 Å². The summed E-state index contributed by atoms with van der Waals surface area (Å²) in [5, 5.41) is 8.70. The van der Waals surface area contributed by atoms with Crippen LogP contribution in [0.4, 0.5) is 4.39 Å². The van der Waals surface area contributed by atoms with E-state index in [0.29, 0.717) is 18.3 Å². The average molecular weight is 289 g/mol. The van der Waals surface area contributed by atoms with Crippen LogP contribution in [0.15, 0.2) is 18.2 Å². The molecule has 21 heavy (non-hydrogen) atoms. The first-order valence-corrected chi connectivity index (χ1v) is 8.05. The molecule has 2 rings (SSSR count). The quantitative estimate of drug-likeness (QED) is 0.732. The first-order chi connectivity index (χ1) is 10.2. The van der Waals surface area contributed by atoms with Gasteiger partial charge in [-0.25, -0.2) is 4.39 Å². The minimum Gasteiger partial charge on any atom is -0.493 e. The lowest BCUT2D eigenvalue weighted by atomic mass is 9.80. The minimum absolute atomic E-state index is 0.0683. The lowest BCUT2D eigenvalue weighted by Crippen LogP contribution is -2.20. The minimum atomic E-state index is -0.502. The largest absolute Gasteiger partial charge is 0.493 e. The zero-order chi connectivity index (χ0) is 15.1. The summed E-state index contributed by atoms with van der Waals surface area (Å²) in [6.45, 7) is 2.90. The fourth-order valence-electron chi connectivity index (χ4n) is 3.07. The van der Waals surface area contributed by atoms with Gasteiger partial charge in [0, 0.05) is 6.07 Å². The highest BCUT2D eigenvalue weighted by molar-refractivity contribution is 5.36. The Morgan fingerprint density at radius 1 is 1.24 bits per heavy atom. The summed E-state index contributed by atoms with van der Waals surface area (Å²) < 4.78 is 19.2. The molecule has 0 aliphatic heterocycles. The Morgan fingerprint density at radius 2 is 1.95 bits per heavy atom. The van der Waals surface area contributed by atoms with E-state index < -0.39 is 5.82 Å². The van der Waals surface area contributed by atoms with Crippen molar-refractivity contribution in [1.82, 2.24) is 0 Å². The van der Waals surface area contributed by atoms with Crippen molar-refractivity contribution in [2.75, 3.05) is 6.61 Å². The smallest absolute Gasteiger partial charge is 0.144 e. The highest BCUT2D eigenvalue weighted by Crippen LogP contribution is 2.32. The summed E-state index contributed by atoms with van der Waals surface area (Å²) in [6, 6.07) is 6.28. The van der Waals surface area contributed by atoms with E-state index in [0.717, 1.165) is 5.92 Å². The molecule has 0 saturated heterocycles. The summed E-state index contributed by atoms with van der Waals surface area (Å²) >= 11 is 0. The molecular weight excluding hydrogens is 265 g/mol. The number of benzene rings is 1. The lowest BCUT2D eigenvalue weighted by molar-refractivity contribution is 0.177. The summed E-state index contributed by atoms with van der Waals surface area (Å²) in [7, 11) is 0. The van der Waals surface area contributed by atoms with Crippen LogP contribution < -0.4 is 4.74 Å². The third-order valence-corrected chi connectivity index (χ3v) is 4.48. The van der Waals surface area contributed by atoms with Crippen molar-refractivity contribution in [2.45, 2.75) is 51.9 Å². The van der Waals surface area contributed by atoms with Gasteiger partial charge in [-0.15, -0.1) is 0 Å². The molecule has 0 aromatic heterocycles. The molecule has 0 unspecified atom stereocenters. The Labute approximate surface area is 126 Å². The normalized spacial score (nSPS) is 21.8. The molecule has 0 bridgehead atoms. The van der Waals surface area contributed by atoms with Gasteiger partial charge in [0.25, 0.3) is 0 Å². The van der Waals surface area contributed by atoms with Gasteiger partial charge in [-0.3, -0.25) is 0 Å². The monoisotopic (exact) mass is 289 g/mol. The van der Waals surface area contributed by atoms with E-state index in [1.165, 1.54) is 57.1 Å². The van der Waals surface area contributed by atoms with E-state index in [1.807, 2.05) is 6.07 Å². The van der Waals surface area contributed by atoms with Crippen LogP contribution in [0, 0.1) is 29.0 Å². The number of nitrogens with zero attached hydrogens (tertiary/aromatic N) is 1. The molecule has 2 nitrogen and oxygen atoms in total. The molecule has 1 aromatic carbocycles. The van der Waals surface area contributed by atoms with Gasteiger partial charge >= 0.3 is 0 Å². The van der Waals surface area contributed by atoms with Gasteiger partial charge in [-0.2, -0.15) is 5.26 Å². The van der Waals surface area contributed by atoms with E-state index in [2.05, 4.69) is 6.92 Å².